The normalized spacial score (nSPS) is 11.5. The molecule has 0 saturated carbocycles. The first-order valence-corrected chi connectivity index (χ1v) is 7.59. The summed E-state index contributed by atoms with van der Waals surface area (Å²) in [5.74, 6) is 0.265. The van der Waals surface area contributed by atoms with E-state index in [0.29, 0.717) is 28.1 Å². The van der Waals surface area contributed by atoms with Crippen LogP contribution < -0.4 is 14.8 Å². The molecule has 0 spiro atoms. The number of likely N-dealkylation sites (N-methyl/N-ethyl adjacent to an activating group) is 1. The lowest BCUT2D eigenvalue weighted by Crippen LogP contribution is -2.35. The Morgan fingerprint density at radius 1 is 1.23 bits per heavy atom. The summed E-state index contributed by atoms with van der Waals surface area (Å²) in [6.45, 7) is 3.82. The second-order valence-electron chi connectivity index (χ2n) is 4.50. The van der Waals surface area contributed by atoms with E-state index in [1.807, 2.05) is 0 Å². The predicted octanol–water partition coefficient (Wildman–Crippen LogP) is 2.08. The first-order chi connectivity index (χ1) is 10.4. The summed E-state index contributed by atoms with van der Waals surface area (Å²) in [5, 5.41) is 2.60. The van der Waals surface area contributed by atoms with Gasteiger partial charge in [0.1, 0.15) is 0 Å². The molecule has 122 valence electrons. The van der Waals surface area contributed by atoms with Crippen molar-refractivity contribution in [3.63, 3.8) is 0 Å². The van der Waals surface area contributed by atoms with Crippen LogP contribution >= 0.6 is 15.9 Å². The number of carbonyl (C=O) groups excluding carboxylic acids is 2. The molecule has 22 heavy (non-hydrogen) atoms. The highest BCUT2D eigenvalue weighted by Gasteiger charge is 2.19. The maximum atomic E-state index is 11.9. The molecular formula is C15H20BrNO5. The van der Waals surface area contributed by atoms with Crippen LogP contribution in [-0.2, 0) is 20.7 Å². The highest BCUT2D eigenvalue weighted by atomic mass is 79.9. The van der Waals surface area contributed by atoms with Crippen LogP contribution in [0.15, 0.2) is 16.6 Å². The van der Waals surface area contributed by atoms with Gasteiger partial charge in [0.15, 0.2) is 17.6 Å². The van der Waals surface area contributed by atoms with Crippen LogP contribution in [0.3, 0.4) is 0 Å². The third-order valence-electron chi connectivity index (χ3n) is 2.92. The SMILES string of the molecule is CCNC(=O)[C@H](C)OC(=O)Cc1cc(OC)c(OC)cc1Br. The number of halogens is 1. The van der Waals surface area contributed by atoms with Crippen LogP contribution in [0, 0.1) is 0 Å². The van der Waals surface area contributed by atoms with Crippen molar-refractivity contribution in [1.29, 1.82) is 0 Å². The van der Waals surface area contributed by atoms with Crippen molar-refractivity contribution in [2.45, 2.75) is 26.4 Å². The van der Waals surface area contributed by atoms with Crippen LogP contribution in [0.1, 0.15) is 19.4 Å². The number of amides is 1. The Hall–Kier alpha value is -1.76. The van der Waals surface area contributed by atoms with Crippen LogP contribution in [0.5, 0.6) is 11.5 Å². The highest BCUT2D eigenvalue weighted by Crippen LogP contribution is 2.33. The Bertz CT molecular complexity index is 547. The number of esters is 1. The van der Waals surface area contributed by atoms with Gasteiger partial charge in [0.2, 0.25) is 0 Å². The van der Waals surface area contributed by atoms with Gasteiger partial charge < -0.3 is 19.5 Å². The van der Waals surface area contributed by atoms with Crippen LogP contribution in [0.4, 0.5) is 0 Å². The standard InChI is InChI=1S/C15H20BrNO5/c1-5-17-15(19)9(2)22-14(18)7-10-6-12(20-3)13(21-4)8-11(10)16/h6,8-9H,5,7H2,1-4H3,(H,17,19)/t9-/m0/s1. The molecule has 1 rings (SSSR count). The monoisotopic (exact) mass is 373 g/mol. The zero-order valence-corrected chi connectivity index (χ0v) is 14.7. The average Bonchev–Trinajstić information content (AvgIpc) is 2.48. The molecule has 1 amide bonds. The molecule has 0 aromatic heterocycles. The van der Waals surface area contributed by atoms with Crippen molar-refractivity contribution in [3.8, 4) is 11.5 Å². The molecular weight excluding hydrogens is 354 g/mol. The number of benzene rings is 1. The van der Waals surface area contributed by atoms with E-state index < -0.39 is 12.1 Å². The number of methoxy groups -OCH3 is 2. The lowest BCUT2D eigenvalue weighted by molar-refractivity contribution is -0.154. The summed E-state index contributed by atoms with van der Waals surface area (Å²) in [7, 11) is 3.05. The molecule has 0 aliphatic heterocycles. The van der Waals surface area contributed by atoms with Crippen LogP contribution in [-0.4, -0.2) is 38.7 Å². The Kier molecular flexibility index (Phi) is 7.17. The van der Waals surface area contributed by atoms with Gasteiger partial charge in [0, 0.05) is 11.0 Å². The molecule has 0 radical (unpaired) electrons. The van der Waals surface area contributed by atoms with Crippen LogP contribution in [0.25, 0.3) is 0 Å². The number of nitrogens with one attached hydrogen (secondary N) is 1. The molecule has 6 nitrogen and oxygen atoms in total. The van der Waals surface area contributed by atoms with Gasteiger partial charge in [-0.2, -0.15) is 0 Å². The third kappa shape index (κ3) is 4.91. The molecule has 0 aliphatic rings. The van der Waals surface area contributed by atoms with Crippen molar-refractivity contribution < 1.29 is 23.8 Å². The van der Waals surface area contributed by atoms with Gasteiger partial charge in [-0.3, -0.25) is 9.59 Å². The summed E-state index contributed by atoms with van der Waals surface area (Å²) < 4.78 is 16.2. The minimum absolute atomic E-state index is 0.0185. The average molecular weight is 374 g/mol. The minimum atomic E-state index is -0.827. The second-order valence-corrected chi connectivity index (χ2v) is 5.36. The van der Waals surface area contributed by atoms with Gasteiger partial charge in [-0.05, 0) is 31.5 Å². The lowest BCUT2D eigenvalue weighted by atomic mass is 10.1. The Balaban J connectivity index is 2.78. The summed E-state index contributed by atoms with van der Waals surface area (Å²) in [5.41, 5.74) is 0.686. The molecule has 0 aliphatic carbocycles. The van der Waals surface area contributed by atoms with Crippen molar-refractivity contribution >= 4 is 27.8 Å². The van der Waals surface area contributed by atoms with E-state index in [2.05, 4.69) is 21.2 Å². The molecule has 0 fully saturated rings. The number of rotatable bonds is 7. The number of ether oxygens (including phenoxy) is 3. The summed E-state index contributed by atoms with van der Waals surface area (Å²) in [6, 6.07) is 3.41. The first-order valence-electron chi connectivity index (χ1n) is 6.80. The Morgan fingerprint density at radius 2 is 1.82 bits per heavy atom. The smallest absolute Gasteiger partial charge is 0.311 e. The van der Waals surface area contributed by atoms with Gasteiger partial charge in [0.25, 0.3) is 5.91 Å². The predicted molar refractivity (Wildman–Crippen MR) is 85.2 cm³/mol. The highest BCUT2D eigenvalue weighted by molar-refractivity contribution is 9.10. The summed E-state index contributed by atoms with van der Waals surface area (Å²) in [6.07, 6.45) is -0.809. The van der Waals surface area contributed by atoms with Crippen molar-refractivity contribution in [1.82, 2.24) is 5.32 Å². The maximum absolute atomic E-state index is 11.9. The number of hydrogen-bond acceptors (Lipinski definition) is 5. The van der Waals surface area contributed by atoms with Crippen LogP contribution in [0.2, 0.25) is 0 Å². The van der Waals surface area contributed by atoms with E-state index in [1.165, 1.54) is 21.1 Å². The summed E-state index contributed by atoms with van der Waals surface area (Å²) in [4.78, 5) is 23.5. The number of carbonyl (C=O) groups is 2. The molecule has 1 aromatic carbocycles. The summed E-state index contributed by atoms with van der Waals surface area (Å²) >= 11 is 3.38. The Labute approximate surface area is 138 Å². The van der Waals surface area contributed by atoms with Gasteiger partial charge in [-0.15, -0.1) is 0 Å². The van der Waals surface area contributed by atoms with E-state index in [4.69, 9.17) is 14.2 Å². The maximum Gasteiger partial charge on any atom is 0.311 e. The van der Waals surface area contributed by atoms with Gasteiger partial charge in [-0.1, -0.05) is 15.9 Å². The zero-order chi connectivity index (χ0) is 16.7. The second kappa shape index (κ2) is 8.63. The third-order valence-corrected chi connectivity index (χ3v) is 3.65. The fourth-order valence-corrected chi connectivity index (χ4v) is 2.26. The van der Waals surface area contributed by atoms with E-state index in [-0.39, 0.29) is 12.3 Å². The molecule has 0 unspecified atom stereocenters. The largest absolute Gasteiger partial charge is 0.493 e. The molecule has 1 atom stereocenters. The zero-order valence-electron chi connectivity index (χ0n) is 13.1. The van der Waals surface area contributed by atoms with Gasteiger partial charge in [0.05, 0.1) is 20.6 Å². The molecule has 0 bridgehead atoms. The van der Waals surface area contributed by atoms with Gasteiger partial charge in [-0.25, -0.2) is 0 Å². The molecule has 7 heteroatoms. The van der Waals surface area contributed by atoms with Crippen molar-refractivity contribution in [2.75, 3.05) is 20.8 Å². The quantitative estimate of drug-likeness (QED) is 0.740. The van der Waals surface area contributed by atoms with E-state index in [9.17, 15) is 9.59 Å². The van der Waals surface area contributed by atoms with Crippen molar-refractivity contribution in [2.24, 2.45) is 0 Å². The molecule has 1 aromatic rings. The van der Waals surface area contributed by atoms with E-state index >= 15 is 0 Å². The fraction of sp³-hybridized carbons (Fsp3) is 0.467. The van der Waals surface area contributed by atoms with Gasteiger partial charge >= 0.3 is 5.97 Å². The lowest BCUT2D eigenvalue weighted by Gasteiger charge is -2.14. The van der Waals surface area contributed by atoms with E-state index in [0.717, 1.165) is 0 Å². The fourth-order valence-electron chi connectivity index (χ4n) is 1.80. The topological polar surface area (TPSA) is 73.9 Å². The number of hydrogen-bond donors (Lipinski definition) is 1. The molecule has 0 heterocycles. The molecule has 0 saturated heterocycles. The van der Waals surface area contributed by atoms with Crippen molar-refractivity contribution in [3.05, 3.63) is 22.2 Å². The Morgan fingerprint density at radius 3 is 2.36 bits per heavy atom. The van der Waals surface area contributed by atoms with E-state index in [1.54, 1.807) is 19.1 Å². The molecule has 1 N–H and O–H groups in total. The first kappa shape index (κ1) is 18.3. The minimum Gasteiger partial charge on any atom is -0.493 e.